The van der Waals surface area contributed by atoms with Crippen LogP contribution in [0.1, 0.15) is 31.1 Å². The first-order chi connectivity index (χ1) is 9.42. The lowest BCUT2D eigenvalue weighted by atomic mass is 10.2. The van der Waals surface area contributed by atoms with Crippen molar-refractivity contribution in [3.8, 4) is 0 Å². The summed E-state index contributed by atoms with van der Waals surface area (Å²) in [5.74, 6) is -0.180. The molecular weight excluding hydrogens is 256 g/mol. The van der Waals surface area contributed by atoms with Gasteiger partial charge in [-0.2, -0.15) is 0 Å². The van der Waals surface area contributed by atoms with Gasteiger partial charge in [0.15, 0.2) is 0 Å². The van der Waals surface area contributed by atoms with Crippen LogP contribution < -0.4 is 21.7 Å². The molecule has 6 heteroatoms. The van der Waals surface area contributed by atoms with E-state index in [-0.39, 0.29) is 24.0 Å². The number of benzene rings is 1. The van der Waals surface area contributed by atoms with E-state index in [2.05, 4.69) is 16.0 Å². The molecule has 0 saturated heterocycles. The summed E-state index contributed by atoms with van der Waals surface area (Å²) in [7, 11) is 0. The van der Waals surface area contributed by atoms with Gasteiger partial charge in [-0.3, -0.25) is 4.79 Å². The van der Waals surface area contributed by atoms with E-state index in [4.69, 9.17) is 5.73 Å². The van der Waals surface area contributed by atoms with Gasteiger partial charge in [-0.15, -0.1) is 0 Å². The van der Waals surface area contributed by atoms with Gasteiger partial charge in [-0.1, -0.05) is 0 Å². The lowest BCUT2D eigenvalue weighted by molar-refractivity contribution is 0.0941. The summed E-state index contributed by atoms with van der Waals surface area (Å²) in [6, 6.07) is 6.40. The third-order valence-electron chi connectivity index (χ3n) is 2.56. The number of hydrogen-bond donors (Lipinski definition) is 4. The van der Waals surface area contributed by atoms with Crippen LogP contribution in [0.15, 0.2) is 24.3 Å². The first-order valence-electron chi connectivity index (χ1n) is 6.61. The Labute approximate surface area is 119 Å². The van der Waals surface area contributed by atoms with Gasteiger partial charge < -0.3 is 21.7 Å². The summed E-state index contributed by atoms with van der Waals surface area (Å²) in [5, 5.41) is 8.18. The van der Waals surface area contributed by atoms with E-state index < -0.39 is 0 Å². The minimum absolute atomic E-state index is 0.0674. The number of rotatable bonds is 5. The number of hydrogen-bond acceptors (Lipinski definition) is 3. The number of carbonyl (C=O) groups excluding carboxylic acids is 2. The molecule has 0 heterocycles. The van der Waals surface area contributed by atoms with Gasteiger partial charge in [-0.05, 0) is 45.0 Å². The van der Waals surface area contributed by atoms with E-state index in [1.54, 1.807) is 24.3 Å². The molecule has 6 nitrogen and oxygen atoms in total. The van der Waals surface area contributed by atoms with Crippen molar-refractivity contribution in [1.82, 2.24) is 10.6 Å². The minimum Gasteiger partial charge on any atom is -0.348 e. The molecule has 1 aromatic rings. The highest BCUT2D eigenvalue weighted by Crippen LogP contribution is 2.09. The van der Waals surface area contributed by atoms with Crippen molar-refractivity contribution >= 4 is 17.6 Å². The van der Waals surface area contributed by atoms with Crippen molar-refractivity contribution in [2.75, 3.05) is 11.9 Å². The molecule has 0 aromatic heterocycles. The Morgan fingerprint density at radius 3 is 2.20 bits per heavy atom. The molecule has 0 aliphatic carbocycles. The molecule has 110 valence electrons. The maximum atomic E-state index is 11.8. The second kappa shape index (κ2) is 7.49. The van der Waals surface area contributed by atoms with Crippen LogP contribution in [0.5, 0.6) is 0 Å². The van der Waals surface area contributed by atoms with Crippen molar-refractivity contribution in [3.05, 3.63) is 29.8 Å². The molecule has 1 aromatic carbocycles. The van der Waals surface area contributed by atoms with E-state index in [1.807, 2.05) is 20.8 Å². The lowest BCUT2D eigenvalue weighted by Gasteiger charge is -2.12. The summed E-state index contributed by atoms with van der Waals surface area (Å²) < 4.78 is 0. The van der Waals surface area contributed by atoms with Gasteiger partial charge in [0, 0.05) is 29.9 Å². The molecule has 1 rings (SSSR count). The average molecular weight is 278 g/mol. The third-order valence-corrected chi connectivity index (χ3v) is 2.56. The molecule has 5 N–H and O–H groups in total. The Morgan fingerprint density at radius 1 is 1.10 bits per heavy atom. The number of urea groups is 1. The number of nitrogens with one attached hydrogen (secondary N) is 3. The zero-order valence-electron chi connectivity index (χ0n) is 12.1. The van der Waals surface area contributed by atoms with E-state index in [9.17, 15) is 9.59 Å². The molecule has 20 heavy (non-hydrogen) atoms. The summed E-state index contributed by atoms with van der Waals surface area (Å²) in [5.41, 5.74) is 6.61. The van der Waals surface area contributed by atoms with E-state index >= 15 is 0 Å². The maximum absolute atomic E-state index is 11.8. The van der Waals surface area contributed by atoms with Gasteiger partial charge in [0.05, 0.1) is 0 Å². The highest BCUT2D eigenvalue weighted by atomic mass is 16.2. The standard InChI is InChI=1S/C14H22N4O2/c1-9(2)16-14(20)18-12-6-4-11(5-7-12)13(19)17-10(3)8-15/h4-7,9-10H,8,15H2,1-3H3,(H,17,19)(H2,16,18,20)/t10-/m0/s1. The fraction of sp³-hybridized carbons (Fsp3) is 0.429. The van der Waals surface area contributed by atoms with Crippen LogP contribution in [0, 0.1) is 0 Å². The van der Waals surface area contributed by atoms with Crippen LogP contribution in [0.4, 0.5) is 10.5 Å². The van der Waals surface area contributed by atoms with Crippen molar-refractivity contribution in [1.29, 1.82) is 0 Å². The minimum atomic E-state index is -0.269. The molecule has 1 atom stereocenters. The maximum Gasteiger partial charge on any atom is 0.319 e. The van der Waals surface area contributed by atoms with Gasteiger partial charge in [0.25, 0.3) is 5.91 Å². The predicted octanol–water partition coefficient (Wildman–Crippen LogP) is 1.29. The lowest BCUT2D eigenvalue weighted by Crippen LogP contribution is -2.37. The van der Waals surface area contributed by atoms with Crippen LogP contribution in [-0.2, 0) is 0 Å². The molecule has 0 saturated carbocycles. The number of nitrogens with two attached hydrogens (primary N) is 1. The van der Waals surface area contributed by atoms with Crippen LogP contribution in [0.25, 0.3) is 0 Å². The van der Waals surface area contributed by atoms with Gasteiger partial charge in [0.2, 0.25) is 0 Å². The van der Waals surface area contributed by atoms with E-state index in [0.717, 1.165) is 0 Å². The summed E-state index contributed by atoms with van der Waals surface area (Å²) >= 11 is 0. The fourth-order valence-electron chi connectivity index (χ4n) is 1.50. The quantitative estimate of drug-likeness (QED) is 0.653. The molecule has 3 amide bonds. The predicted molar refractivity (Wildman–Crippen MR) is 79.7 cm³/mol. The normalized spacial score (nSPS) is 11.8. The van der Waals surface area contributed by atoms with E-state index in [0.29, 0.717) is 17.8 Å². The fourth-order valence-corrected chi connectivity index (χ4v) is 1.50. The van der Waals surface area contributed by atoms with Crippen molar-refractivity contribution in [3.63, 3.8) is 0 Å². The second-order valence-electron chi connectivity index (χ2n) is 4.94. The van der Waals surface area contributed by atoms with Gasteiger partial charge in [0.1, 0.15) is 0 Å². The summed E-state index contributed by atoms with van der Waals surface area (Å²) in [6.07, 6.45) is 0. The number of anilines is 1. The molecular formula is C14H22N4O2. The topological polar surface area (TPSA) is 96.2 Å². The third kappa shape index (κ3) is 5.27. The first kappa shape index (κ1) is 16.0. The highest BCUT2D eigenvalue weighted by Gasteiger charge is 2.09. The van der Waals surface area contributed by atoms with Crippen LogP contribution in [0.3, 0.4) is 0 Å². The Kier molecular flexibility index (Phi) is 5.99. The Hall–Kier alpha value is -2.08. The molecule has 0 fully saturated rings. The Balaban J connectivity index is 2.60. The number of carbonyl (C=O) groups is 2. The molecule has 0 bridgehead atoms. The van der Waals surface area contributed by atoms with E-state index in [1.165, 1.54) is 0 Å². The largest absolute Gasteiger partial charge is 0.348 e. The number of amides is 3. The highest BCUT2D eigenvalue weighted by molar-refractivity contribution is 5.95. The average Bonchev–Trinajstić information content (AvgIpc) is 2.38. The SMILES string of the molecule is CC(C)NC(=O)Nc1ccc(C(=O)N[C@@H](C)CN)cc1. The van der Waals surface area contributed by atoms with Crippen molar-refractivity contribution in [2.45, 2.75) is 32.9 Å². The smallest absolute Gasteiger partial charge is 0.319 e. The Morgan fingerprint density at radius 2 is 1.70 bits per heavy atom. The monoisotopic (exact) mass is 278 g/mol. The second-order valence-corrected chi connectivity index (χ2v) is 4.94. The van der Waals surface area contributed by atoms with Crippen LogP contribution in [0.2, 0.25) is 0 Å². The summed E-state index contributed by atoms with van der Waals surface area (Å²) in [4.78, 5) is 23.3. The van der Waals surface area contributed by atoms with Gasteiger partial charge >= 0.3 is 6.03 Å². The van der Waals surface area contributed by atoms with Gasteiger partial charge in [-0.25, -0.2) is 4.79 Å². The zero-order chi connectivity index (χ0) is 15.1. The zero-order valence-corrected chi connectivity index (χ0v) is 12.1. The Bertz CT molecular complexity index is 457. The molecule has 0 aliphatic heterocycles. The van der Waals surface area contributed by atoms with Crippen molar-refractivity contribution in [2.24, 2.45) is 5.73 Å². The van der Waals surface area contributed by atoms with Crippen LogP contribution in [-0.4, -0.2) is 30.6 Å². The molecule has 0 spiro atoms. The van der Waals surface area contributed by atoms with Crippen molar-refractivity contribution < 1.29 is 9.59 Å². The summed E-state index contributed by atoms with van der Waals surface area (Å²) in [6.45, 7) is 5.99. The molecule has 0 radical (unpaired) electrons. The molecule has 0 aliphatic rings. The van der Waals surface area contributed by atoms with Crippen LogP contribution >= 0.6 is 0 Å². The molecule has 0 unspecified atom stereocenters. The first-order valence-corrected chi connectivity index (χ1v) is 6.61.